The molecule has 1 aliphatic carbocycles. The summed E-state index contributed by atoms with van der Waals surface area (Å²) in [5.41, 5.74) is 8.84. The standard InChI is InChI=1S/C29H36N4/c1-5-22-15-23(6-2)17-26(16-22)31-25-14-13-21(4)29(18-25)32-28(7-3)24-19-30-33(20-24)27-11-9-8-10-12-27/h7,13-20,27,31H,3,5-6,8-12H2,1-2,4H3. The van der Waals surface area contributed by atoms with Crippen molar-refractivity contribution in [1.82, 2.24) is 9.78 Å². The number of aliphatic imine (C=N–C) groups is 1. The van der Waals surface area contributed by atoms with Gasteiger partial charge in [0.05, 0.1) is 23.6 Å². The second-order valence-electron chi connectivity index (χ2n) is 9.07. The molecule has 0 aliphatic heterocycles. The van der Waals surface area contributed by atoms with E-state index in [0.29, 0.717) is 6.04 Å². The Morgan fingerprint density at radius 1 is 1.06 bits per heavy atom. The van der Waals surface area contributed by atoms with E-state index in [1.54, 1.807) is 0 Å². The summed E-state index contributed by atoms with van der Waals surface area (Å²) in [6, 6.07) is 13.6. The molecule has 1 saturated carbocycles. The van der Waals surface area contributed by atoms with Gasteiger partial charge in [0.1, 0.15) is 0 Å². The van der Waals surface area contributed by atoms with E-state index < -0.39 is 0 Å². The molecule has 3 aromatic rings. The maximum atomic E-state index is 4.98. The first kappa shape index (κ1) is 23.0. The Bertz CT molecular complexity index is 1110. The van der Waals surface area contributed by atoms with Gasteiger partial charge in [-0.25, -0.2) is 4.99 Å². The van der Waals surface area contributed by atoms with Crippen molar-refractivity contribution >= 4 is 22.8 Å². The van der Waals surface area contributed by atoms with Crippen LogP contribution in [0.2, 0.25) is 0 Å². The number of hydrogen-bond donors (Lipinski definition) is 1. The van der Waals surface area contributed by atoms with Crippen molar-refractivity contribution < 1.29 is 0 Å². The number of benzene rings is 2. The monoisotopic (exact) mass is 440 g/mol. The van der Waals surface area contributed by atoms with Crippen molar-refractivity contribution in [1.29, 1.82) is 0 Å². The van der Waals surface area contributed by atoms with Crippen LogP contribution in [-0.2, 0) is 12.8 Å². The van der Waals surface area contributed by atoms with Gasteiger partial charge in [0, 0.05) is 23.1 Å². The highest BCUT2D eigenvalue weighted by Gasteiger charge is 2.17. The first-order chi connectivity index (χ1) is 16.1. The molecule has 1 aliphatic rings. The van der Waals surface area contributed by atoms with E-state index in [1.165, 1.54) is 43.2 Å². The number of aromatic nitrogens is 2. The van der Waals surface area contributed by atoms with Crippen molar-refractivity contribution in [3.8, 4) is 0 Å². The highest BCUT2D eigenvalue weighted by atomic mass is 15.3. The van der Waals surface area contributed by atoms with Crippen LogP contribution in [0.15, 0.2) is 66.4 Å². The lowest BCUT2D eigenvalue weighted by molar-refractivity contribution is 0.329. The van der Waals surface area contributed by atoms with E-state index in [-0.39, 0.29) is 0 Å². The van der Waals surface area contributed by atoms with Gasteiger partial charge < -0.3 is 5.32 Å². The minimum Gasteiger partial charge on any atom is -0.355 e. The van der Waals surface area contributed by atoms with Gasteiger partial charge in [-0.15, -0.1) is 0 Å². The van der Waals surface area contributed by atoms with Crippen LogP contribution in [0, 0.1) is 6.92 Å². The van der Waals surface area contributed by atoms with E-state index in [1.807, 2.05) is 12.3 Å². The van der Waals surface area contributed by atoms with Gasteiger partial charge in [-0.2, -0.15) is 5.10 Å². The van der Waals surface area contributed by atoms with Crippen LogP contribution < -0.4 is 5.32 Å². The van der Waals surface area contributed by atoms with E-state index >= 15 is 0 Å². The van der Waals surface area contributed by atoms with Crippen molar-refractivity contribution in [2.75, 3.05) is 5.32 Å². The molecular formula is C29H36N4. The highest BCUT2D eigenvalue weighted by Crippen LogP contribution is 2.29. The summed E-state index contributed by atoms with van der Waals surface area (Å²) in [4.78, 5) is 4.98. The lowest BCUT2D eigenvalue weighted by Crippen LogP contribution is -2.13. The van der Waals surface area contributed by atoms with Crippen LogP contribution in [0.5, 0.6) is 0 Å². The average molecular weight is 441 g/mol. The molecule has 2 aromatic carbocycles. The molecule has 0 bridgehead atoms. The number of allylic oxidation sites excluding steroid dienone is 1. The van der Waals surface area contributed by atoms with Crippen LogP contribution in [-0.4, -0.2) is 15.5 Å². The molecule has 33 heavy (non-hydrogen) atoms. The summed E-state index contributed by atoms with van der Waals surface area (Å²) in [7, 11) is 0. The third kappa shape index (κ3) is 5.62. The maximum Gasteiger partial charge on any atom is 0.0735 e. The highest BCUT2D eigenvalue weighted by molar-refractivity contribution is 6.09. The van der Waals surface area contributed by atoms with Crippen molar-refractivity contribution in [2.45, 2.75) is 71.8 Å². The third-order valence-electron chi connectivity index (χ3n) is 6.65. The molecule has 1 aromatic heterocycles. The van der Waals surface area contributed by atoms with Gasteiger partial charge in [0.2, 0.25) is 0 Å². The molecule has 0 atom stereocenters. The van der Waals surface area contributed by atoms with Gasteiger partial charge in [0.25, 0.3) is 0 Å². The fourth-order valence-electron chi connectivity index (χ4n) is 4.59. The van der Waals surface area contributed by atoms with Crippen LogP contribution in [0.25, 0.3) is 0 Å². The molecule has 4 nitrogen and oxygen atoms in total. The summed E-state index contributed by atoms with van der Waals surface area (Å²) < 4.78 is 2.13. The molecule has 0 radical (unpaired) electrons. The summed E-state index contributed by atoms with van der Waals surface area (Å²) in [6.45, 7) is 10.5. The van der Waals surface area contributed by atoms with Gasteiger partial charge in [0.15, 0.2) is 0 Å². The molecule has 0 amide bonds. The van der Waals surface area contributed by atoms with Crippen LogP contribution >= 0.6 is 0 Å². The zero-order valence-corrected chi connectivity index (χ0v) is 20.3. The SMILES string of the molecule is C=CC(=Nc1cc(Nc2cc(CC)cc(CC)c2)ccc1C)c1cnn(C2CCCCC2)c1. The number of nitrogens with zero attached hydrogens (tertiary/aromatic N) is 3. The second-order valence-corrected chi connectivity index (χ2v) is 9.07. The summed E-state index contributed by atoms with van der Waals surface area (Å²) in [5, 5.41) is 8.24. The predicted molar refractivity (Wildman–Crippen MR) is 140 cm³/mol. The minimum atomic E-state index is 0.514. The normalized spacial score (nSPS) is 14.9. The van der Waals surface area contributed by atoms with Crippen LogP contribution in [0.3, 0.4) is 0 Å². The number of hydrogen-bond acceptors (Lipinski definition) is 3. The van der Waals surface area contributed by atoms with Gasteiger partial charge in [-0.05, 0) is 79.6 Å². The van der Waals surface area contributed by atoms with Gasteiger partial charge in [-0.3, -0.25) is 4.68 Å². The van der Waals surface area contributed by atoms with E-state index in [2.05, 4.69) is 85.0 Å². The molecule has 1 fully saturated rings. The van der Waals surface area contributed by atoms with E-state index in [9.17, 15) is 0 Å². The number of nitrogens with one attached hydrogen (secondary N) is 1. The molecule has 172 valence electrons. The molecule has 4 rings (SSSR count). The molecule has 0 spiro atoms. The maximum absolute atomic E-state index is 4.98. The quantitative estimate of drug-likeness (QED) is 0.362. The second kappa shape index (κ2) is 10.7. The van der Waals surface area contributed by atoms with E-state index in [4.69, 9.17) is 4.99 Å². The Balaban J connectivity index is 1.59. The lowest BCUT2D eigenvalue weighted by Gasteiger charge is -2.21. The number of aryl methyl sites for hydroxylation is 3. The minimum absolute atomic E-state index is 0.514. The lowest BCUT2D eigenvalue weighted by atomic mass is 9.96. The molecule has 4 heteroatoms. The van der Waals surface area contributed by atoms with Crippen LogP contribution in [0.1, 0.15) is 74.2 Å². The third-order valence-corrected chi connectivity index (χ3v) is 6.65. The largest absolute Gasteiger partial charge is 0.355 e. The van der Waals surface area contributed by atoms with Crippen molar-refractivity contribution in [3.05, 3.63) is 83.7 Å². The molecular weight excluding hydrogens is 404 g/mol. The molecule has 1 heterocycles. The predicted octanol–water partition coefficient (Wildman–Crippen LogP) is 7.87. The van der Waals surface area contributed by atoms with E-state index in [0.717, 1.165) is 46.7 Å². The zero-order valence-electron chi connectivity index (χ0n) is 20.3. The summed E-state index contributed by atoms with van der Waals surface area (Å²) >= 11 is 0. The Morgan fingerprint density at radius 2 is 1.79 bits per heavy atom. The molecule has 0 unspecified atom stereocenters. The first-order valence-electron chi connectivity index (χ1n) is 12.4. The summed E-state index contributed by atoms with van der Waals surface area (Å²) in [5.74, 6) is 0. The molecule has 0 saturated heterocycles. The fourth-order valence-corrected chi connectivity index (χ4v) is 4.59. The van der Waals surface area contributed by atoms with Crippen LogP contribution in [0.4, 0.5) is 17.1 Å². The van der Waals surface area contributed by atoms with Gasteiger partial charge in [-0.1, -0.05) is 51.8 Å². The van der Waals surface area contributed by atoms with Crippen molar-refractivity contribution in [3.63, 3.8) is 0 Å². The number of anilines is 2. The summed E-state index contributed by atoms with van der Waals surface area (Å²) in [6.07, 6.45) is 14.3. The topological polar surface area (TPSA) is 42.2 Å². The Hall–Kier alpha value is -3.14. The smallest absolute Gasteiger partial charge is 0.0735 e. The van der Waals surface area contributed by atoms with Crippen molar-refractivity contribution in [2.24, 2.45) is 4.99 Å². The first-order valence-corrected chi connectivity index (χ1v) is 12.4. The fraction of sp³-hybridized carbons (Fsp3) is 0.379. The van der Waals surface area contributed by atoms with Gasteiger partial charge >= 0.3 is 0 Å². The zero-order chi connectivity index (χ0) is 23.2. The Kier molecular flexibility index (Phi) is 7.43. The Morgan fingerprint density at radius 3 is 2.45 bits per heavy atom. The Labute approximate surface area is 198 Å². The molecule has 1 N–H and O–H groups in total. The number of rotatable bonds is 8. The average Bonchev–Trinajstić information content (AvgIpc) is 3.34.